The maximum atomic E-state index is 7.52. The number of hydrogen-bond donors (Lipinski definition) is 2. The fourth-order valence-corrected chi connectivity index (χ4v) is 5.71. The largest absolute Gasteiger partial charge is 0.326 e. The molecule has 2 heteroatoms. The predicted molar refractivity (Wildman–Crippen MR) is 126 cm³/mol. The maximum Gasteiger partial charge on any atom is 0.0645 e. The standard InChI is InChI=1S/C28H34N2/c1-21(2)22-18-19-27(30,26(29)20-22)28(23-12-6-3-7-13-23,24-14-8-4-9-15-24)25-16-10-5-11-17-25/h3-17,21-22,26H,18-20,29-30H2,1-2H3. The minimum Gasteiger partial charge on any atom is -0.326 e. The van der Waals surface area contributed by atoms with Crippen LogP contribution in [0.15, 0.2) is 91.0 Å². The molecule has 1 fully saturated rings. The van der Waals surface area contributed by atoms with Gasteiger partial charge in [-0.05, 0) is 47.8 Å². The first-order chi connectivity index (χ1) is 14.5. The third-order valence-corrected chi connectivity index (χ3v) is 7.41. The molecule has 2 nitrogen and oxygen atoms in total. The van der Waals surface area contributed by atoms with Gasteiger partial charge < -0.3 is 11.5 Å². The summed E-state index contributed by atoms with van der Waals surface area (Å²) in [5.74, 6) is 1.25. The van der Waals surface area contributed by atoms with E-state index in [9.17, 15) is 0 Å². The van der Waals surface area contributed by atoms with Crippen molar-refractivity contribution >= 4 is 0 Å². The molecule has 156 valence electrons. The average Bonchev–Trinajstić information content (AvgIpc) is 2.78. The van der Waals surface area contributed by atoms with Crippen molar-refractivity contribution < 1.29 is 0 Å². The van der Waals surface area contributed by atoms with E-state index in [-0.39, 0.29) is 6.04 Å². The summed E-state index contributed by atoms with van der Waals surface area (Å²) in [6.45, 7) is 4.61. The van der Waals surface area contributed by atoms with Gasteiger partial charge in [-0.1, -0.05) is 105 Å². The first kappa shape index (κ1) is 20.8. The van der Waals surface area contributed by atoms with Crippen molar-refractivity contribution in [3.05, 3.63) is 108 Å². The molecule has 1 aliphatic rings. The van der Waals surface area contributed by atoms with Crippen molar-refractivity contribution in [2.45, 2.75) is 50.1 Å². The molecule has 3 aromatic rings. The second kappa shape index (κ2) is 8.37. The molecule has 0 spiro atoms. The van der Waals surface area contributed by atoms with Gasteiger partial charge in [0.15, 0.2) is 0 Å². The van der Waals surface area contributed by atoms with Gasteiger partial charge in [0, 0.05) is 11.6 Å². The average molecular weight is 399 g/mol. The Bertz CT molecular complexity index is 839. The fraction of sp³-hybridized carbons (Fsp3) is 0.357. The summed E-state index contributed by atoms with van der Waals surface area (Å²) in [7, 11) is 0. The quantitative estimate of drug-likeness (QED) is 0.557. The Kier molecular flexibility index (Phi) is 5.81. The van der Waals surface area contributed by atoms with Crippen LogP contribution in [-0.4, -0.2) is 11.6 Å². The number of benzene rings is 3. The highest BCUT2D eigenvalue weighted by atomic mass is 14.9. The van der Waals surface area contributed by atoms with Gasteiger partial charge in [-0.2, -0.15) is 0 Å². The minimum atomic E-state index is -0.595. The van der Waals surface area contributed by atoms with Gasteiger partial charge in [0.2, 0.25) is 0 Å². The minimum absolute atomic E-state index is 0.0979. The van der Waals surface area contributed by atoms with E-state index in [1.54, 1.807) is 0 Å². The fourth-order valence-electron chi connectivity index (χ4n) is 5.71. The summed E-state index contributed by atoms with van der Waals surface area (Å²) in [5.41, 5.74) is 17.1. The first-order valence-corrected chi connectivity index (χ1v) is 11.2. The lowest BCUT2D eigenvalue weighted by atomic mass is 9.51. The first-order valence-electron chi connectivity index (χ1n) is 11.2. The van der Waals surface area contributed by atoms with Crippen LogP contribution in [-0.2, 0) is 5.41 Å². The van der Waals surface area contributed by atoms with Crippen molar-refractivity contribution in [1.82, 2.24) is 0 Å². The topological polar surface area (TPSA) is 52.0 Å². The van der Waals surface area contributed by atoms with Crippen LogP contribution in [0.1, 0.15) is 49.8 Å². The Balaban J connectivity index is 2.01. The lowest BCUT2D eigenvalue weighted by molar-refractivity contribution is 0.124. The van der Waals surface area contributed by atoms with E-state index in [0.717, 1.165) is 19.3 Å². The highest BCUT2D eigenvalue weighted by Gasteiger charge is 2.57. The molecule has 30 heavy (non-hydrogen) atoms. The Hall–Kier alpha value is -2.42. The smallest absolute Gasteiger partial charge is 0.0645 e. The van der Waals surface area contributed by atoms with Crippen LogP contribution < -0.4 is 11.5 Å². The van der Waals surface area contributed by atoms with Gasteiger partial charge in [0.05, 0.1) is 5.41 Å². The van der Waals surface area contributed by atoms with Crippen LogP contribution >= 0.6 is 0 Å². The zero-order chi connectivity index (χ0) is 21.2. The normalized spacial score (nSPS) is 24.7. The van der Waals surface area contributed by atoms with Crippen molar-refractivity contribution in [1.29, 1.82) is 0 Å². The van der Waals surface area contributed by atoms with Crippen molar-refractivity contribution in [3.8, 4) is 0 Å². The van der Waals surface area contributed by atoms with Gasteiger partial charge in [-0.25, -0.2) is 0 Å². The summed E-state index contributed by atoms with van der Waals surface area (Å²) in [4.78, 5) is 0. The van der Waals surface area contributed by atoms with Crippen LogP contribution in [0.25, 0.3) is 0 Å². The molecule has 1 saturated carbocycles. The summed E-state index contributed by atoms with van der Waals surface area (Å²) in [6, 6.07) is 32.1. The molecule has 0 aromatic heterocycles. The maximum absolute atomic E-state index is 7.52. The van der Waals surface area contributed by atoms with E-state index in [1.165, 1.54) is 16.7 Å². The lowest BCUT2D eigenvalue weighted by Crippen LogP contribution is -2.70. The molecule has 3 unspecified atom stereocenters. The van der Waals surface area contributed by atoms with E-state index in [2.05, 4.69) is 105 Å². The molecule has 0 bridgehead atoms. The molecule has 4 rings (SSSR count). The van der Waals surface area contributed by atoms with Gasteiger partial charge in [-0.15, -0.1) is 0 Å². The third kappa shape index (κ3) is 3.29. The molecular formula is C28H34N2. The molecule has 0 heterocycles. The second-order valence-electron chi connectivity index (χ2n) is 9.27. The van der Waals surface area contributed by atoms with Crippen LogP contribution in [0, 0.1) is 11.8 Å². The molecule has 3 atom stereocenters. The molecule has 1 aliphatic carbocycles. The summed E-state index contributed by atoms with van der Waals surface area (Å²) in [5, 5.41) is 0. The molecule has 0 aliphatic heterocycles. The Morgan fingerprint density at radius 3 is 1.50 bits per heavy atom. The van der Waals surface area contributed by atoms with E-state index in [4.69, 9.17) is 11.5 Å². The lowest BCUT2D eigenvalue weighted by Gasteiger charge is -2.56. The summed E-state index contributed by atoms with van der Waals surface area (Å²) in [6.07, 6.45) is 2.97. The second-order valence-corrected chi connectivity index (χ2v) is 9.27. The van der Waals surface area contributed by atoms with E-state index in [0.29, 0.717) is 11.8 Å². The molecule has 4 N–H and O–H groups in total. The summed E-state index contributed by atoms with van der Waals surface area (Å²) < 4.78 is 0. The predicted octanol–water partition coefficient (Wildman–Crippen LogP) is 5.50. The van der Waals surface area contributed by atoms with Gasteiger partial charge >= 0.3 is 0 Å². The number of nitrogens with two attached hydrogens (primary N) is 2. The summed E-state index contributed by atoms with van der Waals surface area (Å²) >= 11 is 0. The van der Waals surface area contributed by atoms with Crippen LogP contribution in [0.4, 0.5) is 0 Å². The van der Waals surface area contributed by atoms with Crippen LogP contribution in [0.5, 0.6) is 0 Å². The SMILES string of the molecule is CC(C)C1CCC(N)(C(c2ccccc2)(c2ccccc2)c2ccccc2)C(N)C1. The number of rotatable bonds is 5. The Morgan fingerprint density at radius 2 is 1.17 bits per heavy atom. The van der Waals surface area contributed by atoms with E-state index >= 15 is 0 Å². The number of hydrogen-bond acceptors (Lipinski definition) is 2. The monoisotopic (exact) mass is 398 g/mol. The van der Waals surface area contributed by atoms with E-state index < -0.39 is 11.0 Å². The highest BCUT2D eigenvalue weighted by Crippen LogP contribution is 2.52. The van der Waals surface area contributed by atoms with Crippen molar-refractivity contribution in [3.63, 3.8) is 0 Å². The van der Waals surface area contributed by atoms with Crippen molar-refractivity contribution in [2.75, 3.05) is 0 Å². The van der Waals surface area contributed by atoms with Crippen LogP contribution in [0.2, 0.25) is 0 Å². The molecular weight excluding hydrogens is 364 g/mol. The molecule has 0 radical (unpaired) electrons. The Morgan fingerprint density at radius 1 is 0.767 bits per heavy atom. The zero-order valence-corrected chi connectivity index (χ0v) is 18.2. The van der Waals surface area contributed by atoms with Crippen LogP contribution in [0.3, 0.4) is 0 Å². The zero-order valence-electron chi connectivity index (χ0n) is 18.2. The molecule has 0 amide bonds. The Labute approximate surface area is 181 Å². The van der Waals surface area contributed by atoms with Gasteiger partial charge in [0.25, 0.3) is 0 Å². The molecule has 0 saturated heterocycles. The highest BCUT2D eigenvalue weighted by molar-refractivity contribution is 5.55. The van der Waals surface area contributed by atoms with E-state index in [1.807, 2.05) is 0 Å². The van der Waals surface area contributed by atoms with Gasteiger partial charge in [0.1, 0.15) is 0 Å². The molecule has 3 aromatic carbocycles. The van der Waals surface area contributed by atoms with Gasteiger partial charge in [-0.3, -0.25) is 0 Å². The third-order valence-electron chi connectivity index (χ3n) is 7.41. The van der Waals surface area contributed by atoms with Crippen molar-refractivity contribution in [2.24, 2.45) is 23.3 Å².